The van der Waals surface area contributed by atoms with Gasteiger partial charge in [-0.3, -0.25) is 9.59 Å². The van der Waals surface area contributed by atoms with E-state index in [1.807, 2.05) is 12.1 Å². The number of likely N-dealkylation sites (tertiary alicyclic amines) is 1. The molecule has 0 aromatic heterocycles. The molecule has 2 aromatic rings. The summed E-state index contributed by atoms with van der Waals surface area (Å²) in [6.07, 6.45) is 1.87. The van der Waals surface area contributed by atoms with E-state index in [0.29, 0.717) is 23.4 Å². The average Bonchev–Trinajstić information content (AvgIpc) is 2.68. The van der Waals surface area contributed by atoms with Gasteiger partial charge in [0.2, 0.25) is 0 Å². The molecule has 6 heteroatoms. The Kier molecular flexibility index (Phi) is 6.06. The lowest BCUT2D eigenvalue weighted by Crippen LogP contribution is -2.40. The topological polar surface area (TPSA) is 69.6 Å². The fourth-order valence-electron chi connectivity index (χ4n) is 3.08. The third kappa shape index (κ3) is 4.51. The van der Waals surface area contributed by atoms with Crippen molar-refractivity contribution < 1.29 is 14.7 Å². The van der Waals surface area contributed by atoms with Crippen LogP contribution in [0.5, 0.6) is 0 Å². The standard InChI is InChI=1S/C20H21BrN2O3/c21-17-7-3-15(4-8-17)19(25)22-18-9-5-16(6-10-18)20(26)23-11-1-2-14(12-23)13-24/h3-10,14,24H,1-2,11-13H2,(H,22,25). The summed E-state index contributed by atoms with van der Waals surface area (Å²) in [5.41, 5.74) is 1.79. The molecule has 1 aliphatic heterocycles. The van der Waals surface area contributed by atoms with Crippen LogP contribution in [0.3, 0.4) is 0 Å². The summed E-state index contributed by atoms with van der Waals surface area (Å²) in [6.45, 7) is 1.43. The fraction of sp³-hybridized carbons (Fsp3) is 0.300. The molecule has 1 unspecified atom stereocenters. The monoisotopic (exact) mass is 416 g/mol. The Balaban J connectivity index is 1.63. The van der Waals surface area contributed by atoms with E-state index in [-0.39, 0.29) is 24.3 Å². The first-order valence-corrected chi connectivity index (χ1v) is 9.43. The van der Waals surface area contributed by atoms with Crippen LogP contribution in [0.1, 0.15) is 33.6 Å². The van der Waals surface area contributed by atoms with Crippen molar-refractivity contribution in [3.05, 3.63) is 64.1 Å². The lowest BCUT2D eigenvalue weighted by Gasteiger charge is -2.31. The Morgan fingerprint density at radius 3 is 2.38 bits per heavy atom. The third-order valence-corrected chi connectivity index (χ3v) is 5.09. The quantitative estimate of drug-likeness (QED) is 0.800. The van der Waals surface area contributed by atoms with E-state index in [4.69, 9.17) is 0 Å². The van der Waals surface area contributed by atoms with E-state index in [1.165, 1.54) is 0 Å². The maximum atomic E-state index is 12.6. The molecule has 1 fully saturated rings. The second kappa shape index (κ2) is 8.47. The smallest absolute Gasteiger partial charge is 0.255 e. The molecule has 2 N–H and O–H groups in total. The number of anilines is 1. The first-order chi connectivity index (χ1) is 12.6. The van der Waals surface area contributed by atoms with Crippen molar-refractivity contribution in [2.45, 2.75) is 12.8 Å². The summed E-state index contributed by atoms with van der Waals surface area (Å²) in [4.78, 5) is 26.6. The van der Waals surface area contributed by atoms with E-state index in [1.54, 1.807) is 41.3 Å². The number of carbonyl (C=O) groups is 2. The van der Waals surface area contributed by atoms with Crippen LogP contribution >= 0.6 is 15.9 Å². The molecule has 0 radical (unpaired) electrons. The number of aliphatic hydroxyl groups is 1. The van der Waals surface area contributed by atoms with Crippen molar-refractivity contribution in [3.63, 3.8) is 0 Å². The van der Waals surface area contributed by atoms with Gasteiger partial charge in [-0.05, 0) is 67.3 Å². The molecule has 1 atom stereocenters. The molecule has 0 spiro atoms. The predicted octanol–water partition coefficient (Wildman–Crippen LogP) is 3.55. The normalized spacial score (nSPS) is 17.0. The third-order valence-electron chi connectivity index (χ3n) is 4.56. The highest BCUT2D eigenvalue weighted by Gasteiger charge is 2.23. The van der Waals surface area contributed by atoms with Crippen LogP contribution in [-0.2, 0) is 0 Å². The molecule has 1 heterocycles. The van der Waals surface area contributed by atoms with Gasteiger partial charge in [-0.15, -0.1) is 0 Å². The number of nitrogens with zero attached hydrogens (tertiary/aromatic N) is 1. The fourth-order valence-corrected chi connectivity index (χ4v) is 3.35. The summed E-state index contributed by atoms with van der Waals surface area (Å²) in [7, 11) is 0. The Morgan fingerprint density at radius 1 is 1.08 bits per heavy atom. The summed E-state index contributed by atoms with van der Waals surface area (Å²) in [5, 5.41) is 12.1. The molecule has 1 saturated heterocycles. The molecule has 26 heavy (non-hydrogen) atoms. The van der Waals surface area contributed by atoms with Crippen LogP contribution in [-0.4, -0.2) is 41.5 Å². The minimum absolute atomic E-state index is 0.0334. The van der Waals surface area contributed by atoms with E-state index in [9.17, 15) is 14.7 Å². The van der Waals surface area contributed by atoms with Gasteiger partial charge in [0, 0.05) is 41.0 Å². The van der Waals surface area contributed by atoms with Gasteiger partial charge in [0.05, 0.1) is 0 Å². The highest BCUT2D eigenvalue weighted by Crippen LogP contribution is 2.19. The number of piperidine rings is 1. The average molecular weight is 417 g/mol. The summed E-state index contributed by atoms with van der Waals surface area (Å²) >= 11 is 3.34. The molecular weight excluding hydrogens is 396 g/mol. The van der Waals surface area contributed by atoms with Crippen LogP contribution in [0, 0.1) is 5.92 Å². The first kappa shape index (κ1) is 18.6. The summed E-state index contributed by atoms with van der Waals surface area (Å²) < 4.78 is 0.915. The Labute approximate surface area is 161 Å². The predicted molar refractivity (Wildman–Crippen MR) is 104 cm³/mol. The van der Waals surface area contributed by atoms with Crippen LogP contribution in [0.2, 0.25) is 0 Å². The van der Waals surface area contributed by atoms with Crippen molar-refractivity contribution in [1.29, 1.82) is 0 Å². The van der Waals surface area contributed by atoms with Gasteiger partial charge in [0.25, 0.3) is 11.8 Å². The molecule has 136 valence electrons. The zero-order valence-electron chi connectivity index (χ0n) is 14.3. The molecular formula is C20H21BrN2O3. The van der Waals surface area contributed by atoms with E-state index < -0.39 is 0 Å². The molecule has 0 aliphatic carbocycles. The number of halogens is 1. The van der Waals surface area contributed by atoms with Crippen LogP contribution < -0.4 is 5.32 Å². The molecule has 1 aliphatic rings. The maximum absolute atomic E-state index is 12.6. The van der Waals surface area contributed by atoms with Gasteiger partial charge in [-0.1, -0.05) is 15.9 Å². The number of amides is 2. The molecule has 2 aromatic carbocycles. The zero-order chi connectivity index (χ0) is 18.5. The van der Waals surface area contributed by atoms with Crippen molar-refractivity contribution >= 4 is 33.4 Å². The Bertz CT molecular complexity index is 775. The highest BCUT2D eigenvalue weighted by molar-refractivity contribution is 9.10. The van der Waals surface area contributed by atoms with Gasteiger partial charge >= 0.3 is 0 Å². The SMILES string of the molecule is O=C(Nc1ccc(C(=O)N2CCCC(CO)C2)cc1)c1ccc(Br)cc1. The number of nitrogens with one attached hydrogen (secondary N) is 1. The van der Waals surface area contributed by atoms with Crippen molar-refractivity contribution in [1.82, 2.24) is 4.90 Å². The summed E-state index contributed by atoms with van der Waals surface area (Å²) in [5.74, 6) is -0.0653. The molecule has 2 amide bonds. The number of rotatable bonds is 4. The Hall–Kier alpha value is -2.18. The lowest BCUT2D eigenvalue weighted by atomic mass is 9.98. The van der Waals surface area contributed by atoms with Gasteiger partial charge < -0.3 is 15.3 Å². The molecule has 0 saturated carbocycles. The Morgan fingerprint density at radius 2 is 1.73 bits per heavy atom. The van der Waals surface area contributed by atoms with Crippen molar-refractivity contribution in [2.24, 2.45) is 5.92 Å². The number of benzene rings is 2. The zero-order valence-corrected chi connectivity index (χ0v) is 15.9. The second-order valence-corrected chi connectivity index (χ2v) is 7.40. The van der Waals surface area contributed by atoms with Gasteiger partial charge in [0.1, 0.15) is 0 Å². The van der Waals surface area contributed by atoms with Crippen LogP contribution in [0.15, 0.2) is 53.0 Å². The second-order valence-electron chi connectivity index (χ2n) is 6.48. The largest absolute Gasteiger partial charge is 0.396 e. The van der Waals surface area contributed by atoms with Crippen molar-refractivity contribution in [2.75, 3.05) is 25.0 Å². The van der Waals surface area contributed by atoms with E-state index in [0.717, 1.165) is 23.9 Å². The number of hydrogen-bond donors (Lipinski definition) is 2. The number of hydrogen-bond acceptors (Lipinski definition) is 3. The summed E-state index contributed by atoms with van der Waals surface area (Å²) in [6, 6.07) is 14.0. The number of aliphatic hydroxyl groups excluding tert-OH is 1. The molecule has 0 bridgehead atoms. The number of carbonyl (C=O) groups excluding carboxylic acids is 2. The minimum Gasteiger partial charge on any atom is -0.396 e. The van der Waals surface area contributed by atoms with E-state index in [2.05, 4.69) is 21.2 Å². The first-order valence-electron chi connectivity index (χ1n) is 8.64. The van der Waals surface area contributed by atoms with Gasteiger partial charge in [-0.25, -0.2) is 0 Å². The maximum Gasteiger partial charge on any atom is 0.255 e. The lowest BCUT2D eigenvalue weighted by molar-refractivity contribution is 0.0620. The highest BCUT2D eigenvalue weighted by atomic mass is 79.9. The molecule has 3 rings (SSSR count). The van der Waals surface area contributed by atoms with Gasteiger partial charge in [-0.2, -0.15) is 0 Å². The molecule has 5 nitrogen and oxygen atoms in total. The van der Waals surface area contributed by atoms with Crippen molar-refractivity contribution in [3.8, 4) is 0 Å². The minimum atomic E-state index is -0.196. The van der Waals surface area contributed by atoms with E-state index >= 15 is 0 Å². The van der Waals surface area contributed by atoms with Crippen LogP contribution in [0.4, 0.5) is 5.69 Å². The van der Waals surface area contributed by atoms with Gasteiger partial charge in [0.15, 0.2) is 0 Å². The van der Waals surface area contributed by atoms with Crippen LogP contribution in [0.25, 0.3) is 0 Å².